The third-order valence-electron chi connectivity index (χ3n) is 3.90. The monoisotopic (exact) mass is 225 g/mol. The number of hydrogen-bond donors (Lipinski definition) is 2. The van der Waals surface area contributed by atoms with E-state index in [2.05, 4.69) is 22.7 Å². The van der Waals surface area contributed by atoms with Crippen molar-refractivity contribution in [1.82, 2.24) is 15.8 Å². The highest BCUT2D eigenvalue weighted by atomic mass is 16.2. The molecule has 0 aliphatic carbocycles. The number of piperidine rings is 1. The molecule has 2 heterocycles. The van der Waals surface area contributed by atoms with Gasteiger partial charge in [-0.3, -0.25) is 10.2 Å². The minimum absolute atomic E-state index is 0.175. The minimum Gasteiger partial charge on any atom is -0.303 e. The van der Waals surface area contributed by atoms with E-state index in [4.69, 9.17) is 0 Å². The van der Waals surface area contributed by atoms with E-state index in [1.807, 2.05) is 0 Å². The van der Waals surface area contributed by atoms with E-state index < -0.39 is 0 Å². The molecule has 16 heavy (non-hydrogen) atoms. The molecule has 4 nitrogen and oxygen atoms in total. The maximum absolute atomic E-state index is 12.3. The van der Waals surface area contributed by atoms with Crippen molar-refractivity contribution < 1.29 is 4.79 Å². The molecule has 2 fully saturated rings. The van der Waals surface area contributed by atoms with Crippen molar-refractivity contribution in [3.63, 3.8) is 0 Å². The first-order valence-corrected chi connectivity index (χ1v) is 6.58. The Morgan fingerprint density at radius 1 is 1.31 bits per heavy atom. The van der Waals surface area contributed by atoms with Crippen LogP contribution in [0, 0.1) is 0 Å². The molecule has 4 heteroatoms. The highest BCUT2D eigenvalue weighted by Gasteiger charge is 2.39. The summed E-state index contributed by atoms with van der Waals surface area (Å²) >= 11 is 0. The molecule has 0 bridgehead atoms. The Labute approximate surface area is 97.7 Å². The summed E-state index contributed by atoms with van der Waals surface area (Å²) in [6.45, 7) is 5.08. The molecule has 92 valence electrons. The maximum Gasteiger partial charge on any atom is 0.254 e. The number of nitrogens with one attached hydrogen (secondary N) is 2. The summed E-state index contributed by atoms with van der Waals surface area (Å²) in [5.41, 5.74) is 2.79. The molecule has 0 aromatic rings. The van der Waals surface area contributed by atoms with Crippen molar-refractivity contribution in [2.75, 3.05) is 19.6 Å². The van der Waals surface area contributed by atoms with Gasteiger partial charge in [0, 0.05) is 13.1 Å². The van der Waals surface area contributed by atoms with E-state index in [1.54, 1.807) is 0 Å². The van der Waals surface area contributed by atoms with E-state index in [9.17, 15) is 4.79 Å². The van der Waals surface area contributed by atoms with Gasteiger partial charge >= 0.3 is 0 Å². The van der Waals surface area contributed by atoms with Gasteiger partial charge < -0.3 is 5.32 Å². The van der Waals surface area contributed by atoms with Gasteiger partial charge in [-0.05, 0) is 38.6 Å². The fourth-order valence-electron chi connectivity index (χ4n) is 2.72. The predicted octanol–water partition coefficient (Wildman–Crippen LogP) is 1.04. The van der Waals surface area contributed by atoms with Crippen LogP contribution in [0.5, 0.6) is 0 Å². The molecule has 2 aliphatic rings. The Hall–Kier alpha value is -0.610. The van der Waals surface area contributed by atoms with Gasteiger partial charge in [-0.25, -0.2) is 5.01 Å². The summed E-state index contributed by atoms with van der Waals surface area (Å²) in [6, 6.07) is 0. The van der Waals surface area contributed by atoms with Crippen LogP contribution in [0.3, 0.4) is 0 Å². The average molecular weight is 225 g/mol. The predicted molar refractivity (Wildman–Crippen MR) is 63.8 cm³/mol. The number of carbonyl (C=O) groups is 1. The SMILES string of the molecule is CCC1(C(=O)NN2CCCCC2)CCCN1. The molecule has 0 saturated carbocycles. The van der Waals surface area contributed by atoms with Crippen molar-refractivity contribution in [3.05, 3.63) is 0 Å². The number of hydrogen-bond acceptors (Lipinski definition) is 3. The van der Waals surface area contributed by atoms with Crippen LogP contribution in [-0.2, 0) is 4.79 Å². The molecule has 1 unspecified atom stereocenters. The Kier molecular flexibility index (Phi) is 3.82. The molecule has 0 radical (unpaired) electrons. The maximum atomic E-state index is 12.3. The summed E-state index contributed by atoms with van der Waals surface area (Å²) in [5, 5.41) is 5.46. The average Bonchev–Trinajstić information content (AvgIpc) is 2.80. The first-order valence-electron chi connectivity index (χ1n) is 6.58. The highest BCUT2D eigenvalue weighted by Crippen LogP contribution is 2.23. The van der Waals surface area contributed by atoms with Crippen molar-refractivity contribution in [2.45, 2.75) is 51.0 Å². The third-order valence-corrected chi connectivity index (χ3v) is 3.90. The van der Waals surface area contributed by atoms with E-state index in [0.717, 1.165) is 38.9 Å². The Morgan fingerprint density at radius 3 is 2.62 bits per heavy atom. The smallest absolute Gasteiger partial charge is 0.254 e. The van der Waals surface area contributed by atoms with Crippen LogP contribution >= 0.6 is 0 Å². The van der Waals surface area contributed by atoms with Gasteiger partial charge in [-0.1, -0.05) is 13.3 Å². The lowest BCUT2D eigenvalue weighted by molar-refractivity contribution is -0.132. The zero-order chi connectivity index (χ0) is 11.4. The highest BCUT2D eigenvalue weighted by molar-refractivity contribution is 5.86. The normalized spacial score (nSPS) is 31.6. The van der Waals surface area contributed by atoms with E-state index in [0.29, 0.717) is 0 Å². The third kappa shape index (κ3) is 2.38. The largest absolute Gasteiger partial charge is 0.303 e. The lowest BCUT2D eigenvalue weighted by Gasteiger charge is -2.33. The van der Waals surface area contributed by atoms with Crippen LogP contribution in [-0.4, -0.2) is 36.1 Å². The van der Waals surface area contributed by atoms with Crippen molar-refractivity contribution >= 4 is 5.91 Å². The zero-order valence-corrected chi connectivity index (χ0v) is 10.2. The summed E-state index contributed by atoms with van der Waals surface area (Å²) in [6.07, 6.45) is 6.67. The first-order chi connectivity index (χ1) is 7.77. The van der Waals surface area contributed by atoms with E-state index in [-0.39, 0.29) is 11.4 Å². The van der Waals surface area contributed by atoms with Crippen LogP contribution in [0.1, 0.15) is 45.4 Å². The molecule has 0 spiro atoms. The van der Waals surface area contributed by atoms with Gasteiger partial charge in [0.2, 0.25) is 0 Å². The Balaban J connectivity index is 1.90. The zero-order valence-electron chi connectivity index (χ0n) is 10.2. The molecule has 2 rings (SSSR count). The van der Waals surface area contributed by atoms with Crippen molar-refractivity contribution in [3.8, 4) is 0 Å². The number of amides is 1. The fourth-order valence-corrected chi connectivity index (χ4v) is 2.72. The number of nitrogens with zero attached hydrogens (tertiary/aromatic N) is 1. The van der Waals surface area contributed by atoms with Crippen LogP contribution in [0.15, 0.2) is 0 Å². The van der Waals surface area contributed by atoms with Gasteiger partial charge in [0.1, 0.15) is 0 Å². The van der Waals surface area contributed by atoms with Gasteiger partial charge in [0.25, 0.3) is 5.91 Å². The van der Waals surface area contributed by atoms with Crippen LogP contribution < -0.4 is 10.7 Å². The fraction of sp³-hybridized carbons (Fsp3) is 0.917. The summed E-state index contributed by atoms with van der Waals surface area (Å²) in [7, 11) is 0. The molecule has 2 N–H and O–H groups in total. The van der Waals surface area contributed by atoms with E-state index >= 15 is 0 Å². The van der Waals surface area contributed by atoms with E-state index in [1.165, 1.54) is 19.3 Å². The second kappa shape index (κ2) is 5.15. The second-order valence-corrected chi connectivity index (χ2v) is 4.95. The second-order valence-electron chi connectivity index (χ2n) is 4.95. The van der Waals surface area contributed by atoms with Gasteiger partial charge in [0.05, 0.1) is 5.54 Å². The topological polar surface area (TPSA) is 44.4 Å². The Morgan fingerprint density at radius 2 is 2.06 bits per heavy atom. The van der Waals surface area contributed by atoms with Crippen LogP contribution in [0.25, 0.3) is 0 Å². The minimum atomic E-state index is -0.294. The van der Waals surface area contributed by atoms with Crippen LogP contribution in [0.2, 0.25) is 0 Å². The Bertz CT molecular complexity index is 243. The summed E-state index contributed by atoms with van der Waals surface area (Å²) < 4.78 is 0. The molecule has 2 saturated heterocycles. The van der Waals surface area contributed by atoms with Gasteiger partial charge in [-0.2, -0.15) is 0 Å². The van der Waals surface area contributed by atoms with Crippen LogP contribution in [0.4, 0.5) is 0 Å². The quantitative estimate of drug-likeness (QED) is 0.754. The van der Waals surface area contributed by atoms with Gasteiger partial charge in [0.15, 0.2) is 0 Å². The van der Waals surface area contributed by atoms with Crippen molar-refractivity contribution in [1.29, 1.82) is 0 Å². The molecule has 0 aromatic carbocycles. The number of rotatable bonds is 3. The lowest BCUT2D eigenvalue weighted by atomic mass is 9.93. The molecular weight excluding hydrogens is 202 g/mol. The summed E-state index contributed by atoms with van der Waals surface area (Å²) in [5.74, 6) is 0.175. The van der Waals surface area contributed by atoms with Crippen molar-refractivity contribution in [2.24, 2.45) is 0 Å². The number of carbonyl (C=O) groups excluding carboxylic acids is 1. The first kappa shape index (κ1) is 11.9. The standard InChI is InChI=1S/C12H23N3O/c1-2-12(7-6-8-13-12)11(16)14-15-9-4-3-5-10-15/h13H,2-10H2,1H3,(H,14,16). The molecule has 1 amide bonds. The lowest BCUT2D eigenvalue weighted by Crippen LogP contribution is -2.58. The molecule has 1 atom stereocenters. The molecular formula is C12H23N3O. The number of hydrazine groups is 1. The molecule has 2 aliphatic heterocycles. The van der Waals surface area contributed by atoms with Gasteiger partial charge in [-0.15, -0.1) is 0 Å². The summed E-state index contributed by atoms with van der Waals surface area (Å²) in [4.78, 5) is 12.3. The molecule has 0 aromatic heterocycles.